The highest BCUT2D eigenvalue weighted by molar-refractivity contribution is 7.09. The van der Waals surface area contributed by atoms with Crippen LogP contribution >= 0.6 is 22.9 Å². The van der Waals surface area contributed by atoms with E-state index in [9.17, 15) is 19.7 Å². The normalized spacial score (nSPS) is 18.0. The number of nitro benzene ring substituents is 1. The molecule has 0 saturated carbocycles. The van der Waals surface area contributed by atoms with Crippen LogP contribution in [0.15, 0.2) is 57.2 Å². The lowest BCUT2D eigenvalue weighted by Gasteiger charge is -2.16. The van der Waals surface area contributed by atoms with Gasteiger partial charge in [0.15, 0.2) is 11.2 Å². The van der Waals surface area contributed by atoms with E-state index in [2.05, 4.69) is 10.2 Å². The van der Waals surface area contributed by atoms with Gasteiger partial charge in [-0.3, -0.25) is 19.7 Å². The number of Topliss-reactive ketones (excluding diaryl/α,β-unsaturated/α-hetero) is 1. The van der Waals surface area contributed by atoms with E-state index < -0.39 is 16.8 Å². The Bertz CT molecular complexity index is 1380. The van der Waals surface area contributed by atoms with Gasteiger partial charge in [-0.15, -0.1) is 21.5 Å². The summed E-state index contributed by atoms with van der Waals surface area (Å²) in [6.07, 6.45) is 0. The minimum absolute atomic E-state index is 0.0293. The number of aromatic nitrogens is 2. The molecule has 0 aliphatic heterocycles. The van der Waals surface area contributed by atoms with E-state index in [4.69, 9.17) is 16.0 Å². The molecule has 8 nitrogen and oxygen atoms in total. The topological polar surface area (TPSA) is 116 Å². The van der Waals surface area contributed by atoms with E-state index in [1.54, 1.807) is 24.3 Å². The lowest BCUT2D eigenvalue weighted by atomic mass is 9.85. The van der Waals surface area contributed by atoms with Crippen molar-refractivity contribution in [2.24, 2.45) is 0 Å². The molecular weight excluding hydrogens is 430 g/mol. The molecule has 2 atom stereocenters. The molecule has 4 aromatic rings. The van der Waals surface area contributed by atoms with E-state index in [0.29, 0.717) is 15.6 Å². The molecule has 0 radical (unpaired) electrons. The zero-order valence-electron chi connectivity index (χ0n) is 14.9. The summed E-state index contributed by atoms with van der Waals surface area (Å²) in [5.41, 5.74) is 2.08. The Kier molecular flexibility index (Phi) is 4.23. The molecule has 2 aromatic heterocycles. The minimum Gasteiger partial charge on any atom is -0.452 e. The fourth-order valence-corrected chi connectivity index (χ4v) is 4.70. The van der Waals surface area contributed by atoms with Crippen molar-refractivity contribution in [3.05, 3.63) is 95.2 Å². The van der Waals surface area contributed by atoms with Crippen LogP contribution in [0, 0.1) is 10.1 Å². The molecule has 30 heavy (non-hydrogen) atoms. The van der Waals surface area contributed by atoms with Crippen molar-refractivity contribution >= 4 is 45.4 Å². The van der Waals surface area contributed by atoms with Crippen LogP contribution in [-0.4, -0.2) is 20.9 Å². The van der Waals surface area contributed by atoms with E-state index in [0.717, 1.165) is 0 Å². The number of hydrogen-bond donors (Lipinski definition) is 0. The molecule has 2 heterocycles. The fourth-order valence-electron chi connectivity index (χ4n) is 3.84. The van der Waals surface area contributed by atoms with Gasteiger partial charge in [-0.1, -0.05) is 23.7 Å². The van der Waals surface area contributed by atoms with Gasteiger partial charge in [0.25, 0.3) is 5.69 Å². The Hall–Kier alpha value is -3.43. The van der Waals surface area contributed by atoms with Crippen LogP contribution in [0.5, 0.6) is 0 Å². The molecule has 1 aliphatic rings. The molecule has 0 saturated heterocycles. The van der Waals surface area contributed by atoms with Crippen LogP contribution in [0.1, 0.15) is 38.5 Å². The van der Waals surface area contributed by atoms with Gasteiger partial charge in [0.1, 0.15) is 16.1 Å². The third kappa shape index (κ3) is 2.74. The van der Waals surface area contributed by atoms with Gasteiger partial charge in [0.2, 0.25) is 5.78 Å². The van der Waals surface area contributed by atoms with Gasteiger partial charge in [-0.2, -0.15) is 0 Å². The van der Waals surface area contributed by atoms with Crippen molar-refractivity contribution in [2.45, 2.75) is 11.8 Å². The van der Waals surface area contributed by atoms with E-state index in [1.807, 2.05) is 0 Å². The zero-order valence-corrected chi connectivity index (χ0v) is 16.5. The Balaban J connectivity index is 1.79. The summed E-state index contributed by atoms with van der Waals surface area (Å²) < 4.78 is 5.83. The maximum atomic E-state index is 13.4. The highest BCUT2D eigenvalue weighted by Crippen LogP contribution is 2.47. The van der Waals surface area contributed by atoms with Crippen molar-refractivity contribution < 1.29 is 14.1 Å². The van der Waals surface area contributed by atoms with Crippen molar-refractivity contribution in [3.8, 4) is 0 Å². The summed E-state index contributed by atoms with van der Waals surface area (Å²) in [6, 6.07) is 10.4. The molecule has 5 rings (SSSR count). The number of benzene rings is 2. The zero-order chi connectivity index (χ0) is 21.0. The van der Waals surface area contributed by atoms with Crippen LogP contribution in [0.4, 0.5) is 5.69 Å². The predicted molar refractivity (Wildman–Crippen MR) is 109 cm³/mol. The molecule has 2 aromatic carbocycles. The van der Waals surface area contributed by atoms with Crippen molar-refractivity contribution in [2.75, 3.05) is 0 Å². The summed E-state index contributed by atoms with van der Waals surface area (Å²) in [5, 5.41) is 20.0. The summed E-state index contributed by atoms with van der Waals surface area (Å²) in [7, 11) is 0. The second-order valence-corrected chi connectivity index (χ2v) is 8.06. The smallest absolute Gasteiger partial charge is 0.269 e. The number of rotatable bonds is 3. The third-order valence-corrected chi connectivity index (χ3v) is 6.16. The number of ketones is 1. The average molecular weight is 440 g/mol. The van der Waals surface area contributed by atoms with Gasteiger partial charge in [0, 0.05) is 23.1 Å². The van der Waals surface area contributed by atoms with Crippen LogP contribution in [0.2, 0.25) is 5.02 Å². The molecule has 1 aliphatic carbocycles. The van der Waals surface area contributed by atoms with Crippen LogP contribution in [0.25, 0.3) is 11.0 Å². The van der Waals surface area contributed by atoms with Gasteiger partial charge in [0.05, 0.1) is 21.8 Å². The standard InChI is InChI=1S/C20H10ClN3O5S/c21-10-3-6-13-12(7-10)17(25)15-14(9-1-4-11(5-2-9)24(27)28)16(18(26)19(15)29-13)20-23-22-8-30-20/h1-8,14,16H/t14-,16-/m0/s1. The number of fused-ring (bicyclic) bond motifs is 2. The minimum atomic E-state index is -0.808. The highest BCUT2D eigenvalue weighted by atomic mass is 35.5. The number of nitro groups is 1. The van der Waals surface area contributed by atoms with E-state index in [1.165, 1.54) is 35.0 Å². The van der Waals surface area contributed by atoms with Gasteiger partial charge >= 0.3 is 0 Å². The molecule has 0 spiro atoms. The molecule has 0 bridgehead atoms. The molecule has 0 fully saturated rings. The molecule has 0 amide bonds. The monoisotopic (exact) mass is 439 g/mol. The SMILES string of the molecule is O=C1c2oc3ccc(Cl)cc3c(=O)c2[C@H](c2ccc([N+](=O)[O-])cc2)[C@@H]1c1nncs1. The first-order chi connectivity index (χ1) is 14.5. The number of non-ortho nitro benzene ring substituents is 1. The first kappa shape index (κ1) is 18.6. The second kappa shape index (κ2) is 6.82. The number of hydrogen-bond acceptors (Lipinski definition) is 8. The van der Waals surface area contributed by atoms with Crippen LogP contribution < -0.4 is 5.43 Å². The van der Waals surface area contributed by atoms with E-state index >= 15 is 0 Å². The van der Waals surface area contributed by atoms with Gasteiger partial charge in [-0.05, 0) is 23.8 Å². The predicted octanol–water partition coefficient (Wildman–Crippen LogP) is 4.32. The third-order valence-electron chi connectivity index (χ3n) is 5.14. The Morgan fingerprint density at radius 2 is 1.87 bits per heavy atom. The lowest BCUT2D eigenvalue weighted by molar-refractivity contribution is -0.384. The van der Waals surface area contributed by atoms with Crippen molar-refractivity contribution in [1.82, 2.24) is 10.2 Å². The number of carbonyl (C=O) groups excluding carboxylic acids is 1. The van der Waals surface area contributed by atoms with Crippen LogP contribution in [-0.2, 0) is 0 Å². The Morgan fingerprint density at radius 3 is 2.53 bits per heavy atom. The molecule has 0 N–H and O–H groups in total. The Labute approximate surface area is 176 Å². The number of halogens is 1. The fraction of sp³-hybridized carbons (Fsp3) is 0.100. The molecule has 0 unspecified atom stereocenters. The largest absolute Gasteiger partial charge is 0.452 e. The quantitative estimate of drug-likeness (QED) is 0.344. The van der Waals surface area contributed by atoms with Crippen molar-refractivity contribution in [1.29, 1.82) is 0 Å². The van der Waals surface area contributed by atoms with Gasteiger partial charge < -0.3 is 4.42 Å². The summed E-state index contributed by atoms with van der Waals surface area (Å²) in [5.74, 6) is -1.92. The number of carbonyl (C=O) groups is 1. The molecule has 148 valence electrons. The first-order valence-electron chi connectivity index (χ1n) is 8.76. The average Bonchev–Trinajstić information content (AvgIpc) is 3.35. The summed E-state index contributed by atoms with van der Waals surface area (Å²) in [6.45, 7) is 0. The van der Waals surface area contributed by atoms with Crippen molar-refractivity contribution in [3.63, 3.8) is 0 Å². The summed E-state index contributed by atoms with van der Waals surface area (Å²) >= 11 is 7.25. The second-order valence-electron chi connectivity index (χ2n) is 6.76. The molecule has 10 heteroatoms. The Morgan fingerprint density at radius 1 is 1.10 bits per heavy atom. The first-order valence-corrected chi connectivity index (χ1v) is 10.0. The van der Waals surface area contributed by atoms with E-state index in [-0.39, 0.29) is 39.2 Å². The maximum absolute atomic E-state index is 13.4. The lowest BCUT2D eigenvalue weighted by Crippen LogP contribution is -2.16. The summed E-state index contributed by atoms with van der Waals surface area (Å²) in [4.78, 5) is 37.2. The number of nitrogens with zero attached hydrogens (tertiary/aromatic N) is 3. The van der Waals surface area contributed by atoms with Gasteiger partial charge in [-0.25, -0.2) is 0 Å². The van der Waals surface area contributed by atoms with Crippen LogP contribution in [0.3, 0.4) is 0 Å². The molecular formula is C20H10ClN3O5S. The maximum Gasteiger partial charge on any atom is 0.269 e. The highest BCUT2D eigenvalue weighted by Gasteiger charge is 2.47.